The fourth-order valence-corrected chi connectivity index (χ4v) is 3.01. The van der Waals surface area contributed by atoms with Crippen molar-refractivity contribution in [1.82, 2.24) is 0 Å². The Labute approximate surface area is 137 Å². The van der Waals surface area contributed by atoms with Gasteiger partial charge in [-0.15, -0.1) is 0 Å². The maximum atomic E-state index is 10.5. The fraction of sp³-hybridized carbons (Fsp3) is 0.143. The van der Waals surface area contributed by atoms with Gasteiger partial charge in [0.05, 0.1) is 7.11 Å². The molecule has 0 saturated heterocycles. The summed E-state index contributed by atoms with van der Waals surface area (Å²) in [6, 6.07) is 9.10. The van der Waals surface area contributed by atoms with Gasteiger partial charge in [0.15, 0.2) is 0 Å². The Morgan fingerprint density at radius 2 is 1.67 bits per heavy atom. The van der Waals surface area contributed by atoms with Crippen molar-refractivity contribution in [2.45, 2.75) is 0 Å². The lowest BCUT2D eigenvalue weighted by Gasteiger charge is -2.04. The molecule has 5 nitrogen and oxygen atoms in total. The second kappa shape index (κ2) is 5.31. The number of methoxy groups -OCH3 is 1. The highest BCUT2D eigenvalue weighted by Gasteiger charge is 2.33. The summed E-state index contributed by atoms with van der Waals surface area (Å²) < 4.78 is 9.83. The zero-order valence-electron chi connectivity index (χ0n) is 11.3. The average Bonchev–Trinajstić information content (AvgIpc) is 2.49. The standard InChI is InChI=1S/C14H12Br2N2O3/c1-20-13-5-3-4-10-14(13)18(21-2)12-7-9(16)8(15)6-11(12)17(10)19/h3-7,19H,1-2H3/q+2. The van der Waals surface area contributed by atoms with Gasteiger partial charge in [-0.05, 0) is 37.9 Å². The molecule has 0 bridgehead atoms. The van der Waals surface area contributed by atoms with Gasteiger partial charge >= 0.3 is 22.1 Å². The van der Waals surface area contributed by atoms with Crippen molar-refractivity contribution in [2.75, 3.05) is 14.2 Å². The number of rotatable bonds is 2. The lowest BCUT2D eigenvalue weighted by atomic mass is 10.2. The molecular weight excluding hydrogens is 404 g/mol. The number of hydrogen-bond acceptors (Lipinski definition) is 3. The number of aromatic nitrogens is 2. The largest absolute Gasteiger partial charge is 0.490 e. The summed E-state index contributed by atoms with van der Waals surface area (Å²) in [5.41, 5.74) is 2.53. The molecule has 3 aromatic rings. The topological polar surface area (TPSA) is 46.5 Å². The van der Waals surface area contributed by atoms with Crippen LogP contribution >= 0.6 is 31.9 Å². The molecule has 7 heteroatoms. The number of ether oxygens (including phenoxy) is 1. The molecule has 0 unspecified atom stereocenters. The molecule has 21 heavy (non-hydrogen) atoms. The molecule has 1 N–H and O–H groups in total. The highest BCUT2D eigenvalue weighted by molar-refractivity contribution is 9.13. The molecule has 0 aliphatic carbocycles. The first-order chi connectivity index (χ1) is 10.1. The Hall–Kier alpha value is -1.60. The van der Waals surface area contributed by atoms with Gasteiger partial charge in [0.25, 0.3) is 0 Å². The average molecular weight is 416 g/mol. The van der Waals surface area contributed by atoms with Crippen LogP contribution in [0.4, 0.5) is 0 Å². The molecule has 1 aromatic heterocycles. The molecule has 0 fully saturated rings. The molecule has 0 radical (unpaired) electrons. The molecule has 3 rings (SSSR count). The monoisotopic (exact) mass is 414 g/mol. The smallest absolute Gasteiger partial charge is 0.375 e. The Kier molecular flexibility index (Phi) is 3.62. The number of hydrogen-bond donors (Lipinski definition) is 1. The van der Waals surface area contributed by atoms with Crippen LogP contribution in [0.3, 0.4) is 0 Å². The third-order valence-electron chi connectivity index (χ3n) is 3.28. The summed E-state index contributed by atoms with van der Waals surface area (Å²) in [7, 11) is 3.15. The zero-order valence-corrected chi connectivity index (χ0v) is 14.5. The summed E-state index contributed by atoms with van der Waals surface area (Å²) in [5.74, 6) is 0.609. The van der Waals surface area contributed by atoms with Gasteiger partial charge in [-0.1, -0.05) is 6.07 Å². The number of fused-ring (bicyclic) bond motifs is 2. The number of nitrogens with zero attached hydrogens (tertiary/aromatic N) is 2. The van der Waals surface area contributed by atoms with Gasteiger partial charge in [-0.2, -0.15) is 0 Å². The van der Waals surface area contributed by atoms with E-state index in [2.05, 4.69) is 31.9 Å². The normalized spacial score (nSPS) is 11.0. The highest BCUT2D eigenvalue weighted by atomic mass is 79.9. The van der Waals surface area contributed by atoms with Crippen LogP contribution in [0.15, 0.2) is 39.3 Å². The van der Waals surface area contributed by atoms with Crippen molar-refractivity contribution < 1.29 is 24.2 Å². The lowest BCUT2D eigenvalue weighted by molar-refractivity contribution is -0.886. The van der Waals surface area contributed by atoms with Gasteiger partial charge in [0.1, 0.15) is 7.11 Å². The third kappa shape index (κ3) is 2.11. The molecular formula is C14H12Br2N2O3+2. The van der Waals surface area contributed by atoms with E-state index in [1.807, 2.05) is 24.3 Å². The predicted octanol–water partition coefficient (Wildman–Crippen LogP) is 2.40. The summed E-state index contributed by atoms with van der Waals surface area (Å²) >= 11 is 6.91. The first kappa shape index (κ1) is 14.3. The van der Waals surface area contributed by atoms with E-state index in [1.54, 1.807) is 25.0 Å². The third-order valence-corrected chi connectivity index (χ3v) is 5.12. The Balaban J connectivity index is 2.62. The first-order valence-electron chi connectivity index (χ1n) is 6.07. The van der Waals surface area contributed by atoms with Crippen LogP contribution in [-0.2, 0) is 0 Å². The van der Waals surface area contributed by atoms with Gasteiger partial charge < -0.3 is 4.74 Å². The van der Waals surface area contributed by atoms with E-state index in [1.165, 1.54) is 0 Å². The van der Waals surface area contributed by atoms with Crippen LogP contribution in [0, 0.1) is 0 Å². The van der Waals surface area contributed by atoms with Gasteiger partial charge in [-0.25, -0.2) is 0 Å². The molecule has 0 saturated carbocycles. The van der Waals surface area contributed by atoms with E-state index in [0.717, 1.165) is 13.7 Å². The van der Waals surface area contributed by atoms with E-state index in [0.29, 0.717) is 27.8 Å². The van der Waals surface area contributed by atoms with E-state index in [9.17, 15) is 5.21 Å². The van der Waals surface area contributed by atoms with Crippen LogP contribution in [0.1, 0.15) is 0 Å². The summed E-state index contributed by atoms with van der Waals surface area (Å²) in [5, 5.41) is 10.5. The maximum absolute atomic E-state index is 10.5. The van der Waals surface area contributed by atoms with E-state index < -0.39 is 0 Å². The summed E-state index contributed by atoms with van der Waals surface area (Å²) in [4.78, 5) is 5.51. The van der Waals surface area contributed by atoms with Gasteiger partial charge in [0, 0.05) is 36.6 Å². The van der Waals surface area contributed by atoms with Crippen molar-refractivity contribution in [2.24, 2.45) is 0 Å². The molecule has 2 aromatic carbocycles. The van der Waals surface area contributed by atoms with Crippen molar-refractivity contribution in [1.29, 1.82) is 0 Å². The second-order valence-electron chi connectivity index (χ2n) is 4.37. The van der Waals surface area contributed by atoms with Gasteiger partial charge in [-0.3, -0.25) is 10.0 Å². The van der Waals surface area contributed by atoms with Crippen LogP contribution in [0.5, 0.6) is 5.75 Å². The molecule has 1 heterocycles. The Bertz CT molecular complexity index is 868. The summed E-state index contributed by atoms with van der Waals surface area (Å²) in [6.07, 6.45) is 0. The van der Waals surface area contributed by atoms with Crippen molar-refractivity contribution in [3.8, 4) is 5.75 Å². The second-order valence-corrected chi connectivity index (χ2v) is 6.08. The Morgan fingerprint density at radius 3 is 2.29 bits per heavy atom. The molecule has 0 spiro atoms. The van der Waals surface area contributed by atoms with Crippen LogP contribution in [-0.4, -0.2) is 19.4 Å². The quantitative estimate of drug-likeness (QED) is 0.397. The summed E-state index contributed by atoms with van der Waals surface area (Å²) in [6.45, 7) is 0. The van der Waals surface area contributed by atoms with Crippen LogP contribution in [0.25, 0.3) is 22.1 Å². The van der Waals surface area contributed by atoms with Crippen LogP contribution in [0.2, 0.25) is 0 Å². The molecule has 108 valence electrons. The van der Waals surface area contributed by atoms with E-state index in [4.69, 9.17) is 9.57 Å². The van der Waals surface area contributed by atoms with Crippen molar-refractivity contribution in [3.63, 3.8) is 0 Å². The van der Waals surface area contributed by atoms with Gasteiger partial charge in [0.2, 0.25) is 5.75 Å². The molecule has 0 aliphatic rings. The SMILES string of the molecule is COc1cccc2c1[n+](OC)c1cc(Br)c(Br)cc1[n+]2O. The van der Waals surface area contributed by atoms with E-state index in [-0.39, 0.29) is 0 Å². The minimum atomic E-state index is 0.581. The minimum Gasteiger partial charge on any atom is -0.490 e. The lowest BCUT2D eigenvalue weighted by Crippen LogP contribution is -2.48. The van der Waals surface area contributed by atoms with Crippen molar-refractivity contribution in [3.05, 3.63) is 39.3 Å². The van der Waals surface area contributed by atoms with Crippen molar-refractivity contribution >= 4 is 53.9 Å². The Morgan fingerprint density at radius 1 is 1.00 bits per heavy atom. The maximum Gasteiger partial charge on any atom is 0.375 e. The predicted molar refractivity (Wildman–Crippen MR) is 83.5 cm³/mol. The molecule has 0 aliphatic heterocycles. The van der Waals surface area contributed by atoms with Crippen LogP contribution < -0.4 is 19.0 Å². The zero-order chi connectivity index (χ0) is 15.1. The number of halogens is 2. The highest BCUT2D eigenvalue weighted by Crippen LogP contribution is 2.28. The number of para-hydroxylation sites is 1. The molecule has 0 amide bonds. The van der Waals surface area contributed by atoms with E-state index >= 15 is 0 Å². The molecule has 0 atom stereocenters. The minimum absolute atomic E-state index is 0.581. The number of benzene rings is 2. The fourth-order valence-electron chi connectivity index (χ4n) is 2.35. The first-order valence-corrected chi connectivity index (χ1v) is 7.66.